The fourth-order valence-corrected chi connectivity index (χ4v) is 5.39. The summed E-state index contributed by atoms with van der Waals surface area (Å²) in [5, 5.41) is 0.576. The topological polar surface area (TPSA) is 63.9 Å². The Morgan fingerprint density at radius 2 is 1.92 bits per heavy atom. The van der Waals surface area contributed by atoms with Gasteiger partial charge in [-0.05, 0) is 50.6 Å². The molecule has 0 aliphatic carbocycles. The first kappa shape index (κ1) is 25.5. The first-order valence-electron chi connectivity index (χ1n) is 11.6. The molecule has 1 amide bonds. The lowest BCUT2D eigenvalue weighted by Crippen LogP contribution is -2.43. The van der Waals surface area contributed by atoms with Crippen LogP contribution >= 0.6 is 22.9 Å². The fraction of sp³-hybridized carbons (Fsp3) is 0.250. The Balaban J connectivity index is 1.94. The van der Waals surface area contributed by atoms with E-state index in [9.17, 15) is 9.59 Å². The number of hydrogen-bond acceptors (Lipinski definition) is 5. The summed E-state index contributed by atoms with van der Waals surface area (Å²) in [5.74, 6) is 2.91. The van der Waals surface area contributed by atoms with E-state index < -0.39 is 6.04 Å². The molecule has 2 heterocycles. The summed E-state index contributed by atoms with van der Waals surface area (Å²) in [7, 11) is 0. The smallest absolute Gasteiger partial charge is 0.271 e. The van der Waals surface area contributed by atoms with E-state index in [2.05, 4.69) is 5.92 Å². The molecule has 1 aliphatic rings. The fourth-order valence-electron chi connectivity index (χ4n) is 4.23. The van der Waals surface area contributed by atoms with E-state index in [4.69, 9.17) is 27.8 Å². The second-order valence-corrected chi connectivity index (χ2v) is 9.59. The van der Waals surface area contributed by atoms with Crippen LogP contribution in [0.1, 0.15) is 37.9 Å². The van der Waals surface area contributed by atoms with Gasteiger partial charge in [0.1, 0.15) is 12.4 Å². The number of allylic oxidation sites excluding steroid dienone is 1. The average molecular weight is 520 g/mol. The third kappa shape index (κ3) is 4.88. The summed E-state index contributed by atoms with van der Waals surface area (Å²) >= 11 is 7.42. The molecule has 0 spiro atoms. The SMILES string of the molecule is C#CCOc1ccccc1/C=c1/sc2n(c1=O)[C@@H](c1ccc(Cl)cc1)C(C(=O)N(CC)CC)=C(C)N=2. The van der Waals surface area contributed by atoms with Gasteiger partial charge in [0.15, 0.2) is 4.80 Å². The Kier molecular flexibility index (Phi) is 7.78. The van der Waals surface area contributed by atoms with Crippen molar-refractivity contribution < 1.29 is 9.53 Å². The standard InChI is InChI=1S/C28H26ClN3O3S/c1-5-16-35-22-11-9-8-10-20(22)17-23-26(33)32-25(19-12-14-21(29)15-13-19)24(18(4)30-28(32)36-23)27(34)31(6-2)7-3/h1,8-15,17,25H,6-7,16H2,2-4H3/b23-17+/t25-/m0/s1. The minimum atomic E-state index is -0.623. The average Bonchev–Trinajstić information content (AvgIpc) is 3.18. The second-order valence-electron chi connectivity index (χ2n) is 8.14. The number of nitrogens with zero attached hydrogens (tertiary/aromatic N) is 3. The van der Waals surface area contributed by atoms with Crippen molar-refractivity contribution in [2.75, 3.05) is 19.7 Å². The number of benzene rings is 2. The number of hydrogen-bond donors (Lipinski definition) is 0. The van der Waals surface area contributed by atoms with Crippen LogP contribution in [0.4, 0.5) is 0 Å². The van der Waals surface area contributed by atoms with Crippen LogP contribution in [0, 0.1) is 12.3 Å². The predicted octanol–water partition coefficient (Wildman–Crippen LogP) is 3.77. The van der Waals surface area contributed by atoms with Gasteiger partial charge in [-0.25, -0.2) is 4.99 Å². The number of para-hydroxylation sites is 1. The molecule has 184 valence electrons. The summed E-state index contributed by atoms with van der Waals surface area (Å²) in [6.07, 6.45) is 7.13. The molecule has 1 aliphatic heterocycles. The lowest BCUT2D eigenvalue weighted by Gasteiger charge is -2.29. The number of terminal acetylenes is 1. The largest absolute Gasteiger partial charge is 0.480 e. The highest BCUT2D eigenvalue weighted by Crippen LogP contribution is 2.32. The number of amides is 1. The molecule has 0 unspecified atom stereocenters. The van der Waals surface area contributed by atoms with Gasteiger partial charge in [-0.3, -0.25) is 14.2 Å². The normalized spacial score (nSPS) is 15.2. The van der Waals surface area contributed by atoms with Crippen molar-refractivity contribution in [3.05, 3.63) is 95.6 Å². The maximum absolute atomic E-state index is 13.8. The summed E-state index contributed by atoms with van der Waals surface area (Å²) < 4.78 is 7.74. The number of likely N-dealkylation sites (N-methyl/N-ethyl adjacent to an activating group) is 1. The highest BCUT2D eigenvalue weighted by molar-refractivity contribution is 7.07. The van der Waals surface area contributed by atoms with Crippen LogP contribution in [0.5, 0.6) is 5.75 Å². The molecule has 0 N–H and O–H groups in total. The molecule has 4 rings (SSSR count). The molecule has 0 saturated carbocycles. The minimum Gasteiger partial charge on any atom is -0.480 e. The van der Waals surface area contributed by atoms with Crippen LogP contribution in [0.25, 0.3) is 6.08 Å². The molecule has 0 saturated heterocycles. The lowest BCUT2D eigenvalue weighted by molar-refractivity contribution is -0.127. The third-order valence-corrected chi connectivity index (χ3v) is 7.24. The van der Waals surface area contributed by atoms with Crippen LogP contribution in [-0.2, 0) is 4.79 Å². The van der Waals surface area contributed by atoms with E-state index in [0.29, 0.717) is 44.5 Å². The van der Waals surface area contributed by atoms with E-state index in [-0.39, 0.29) is 18.1 Å². The van der Waals surface area contributed by atoms with Crippen molar-refractivity contribution in [3.8, 4) is 18.1 Å². The quantitative estimate of drug-likeness (QED) is 0.446. The molecule has 6 nitrogen and oxygen atoms in total. The second kappa shape index (κ2) is 11.0. The molecule has 36 heavy (non-hydrogen) atoms. The van der Waals surface area contributed by atoms with Crippen LogP contribution in [0.3, 0.4) is 0 Å². The van der Waals surface area contributed by atoms with Gasteiger partial charge in [0, 0.05) is 23.7 Å². The van der Waals surface area contributed by atoms with E-state index >= 15 is 0 Å². The van der Waals surface area contributed by atoms with Crippen molar-refractivity contribution in [2.45, 2.75) is 26.8 Å². The maximum Gasteiger partial charge on any atom is 0.271 e. The van der Waals surface area contributed by atoms with Gasteiger partial charge < -0.3 is 9.64 Å². The first-order chi connectivity index (χ1) is 17.4. The van der Waals surface area contributed by atoms with Gasteiger partial charge >= 0.3 is 0 Å². The van der Waals surface area contributed by atoms with Crippen molar-refractivity contribution in [2.24, 2.45) is 4.99 Å². The van der Waals surface area contributed by atoms with Crippen molar-refractivity contribution in [1.82, 2.24) is 9.47 Å². The molecule has 1 atom stereocenters. The molecule has 3 aromatic rings. The number of ether oxygens (including phenoxy) is 1. The number of halogens is 1. The van der Waals surface area contributed by atoms with Gasteiger partial charge in [-0.15, -0.1) is 6.42 Å². The van der Waals surface area contributed by atoms with E-state index in [1.807, 2.05) is 57.2 Å². The zero-order chi connectivity index (χ0) is 25.8. The highest BCUT2D eigenvalue weighted by Gasteiger charge is 2.34. The van der Waals surface area contributed by atoms with Crippen LogP contribution < -0.4 is 19.6 Å². The Morgan fingerprint density at radius 1 is 1.22 bits per heavy atom. The van der Waals surface area contributed by atoms with E-state index in [1.54, 1.807) is 27.7 Å². The zero-order valence-corrected chi connectivity index (χ0v) is 21.9. The van der Waals surface area contributed by atoms with Gasteiger partial charge in [-0.2, -0.15) is 0 Å². The summed E-state index contributed by atoms with van der Waals surface area (Å²) in [6, 6.07) is 14.0. The Morgan fingerprint density at radius 3 is 2.58 bits per heavy atom. The highest BCUT2D eigenvalue weighted by atomic mass is 35.5. The van der Waals surface area contributed by atoms with Crippen LogP contribution in [0.2, 0.25) is 5.02 Å². The van der Waals surface area contributed by atoms with Gasteiger partial charge in [0.2, 0.25) is 0 Å². The number of carbonyl (C=O) groups excluding carboxylic acids is 1. The maximum atomic E-state index is 13.8. The lowest BCUT2D eigenvalue weighted by atomic mass is 9.94. The number of aromatic nitrogens is 1. The number of carbonyl (C=O) groups is 1. The monoisotopic (exact) mass is 519 g/mol. The molecule has 1 aromatic heterocycles. The van der Waals surface area contributed by atoms with Gasteiger partial charge in [0.05, 0.1) is 21.8 Å². The first-order valence-corrected chi connectivity index (χ1v) is 12.8. The molecular formula is C28H26ClN3O3S. The molecule has 8 heteroatoms. The number of thiazole rings is 1. The Bertz CT molecular complexity index is 1540. The summed E-state index contributed by atoms with van der Waals surface area (Å²) in [5.41, 5.74) is 2.36. The number of fused-ring (bicyclic) bond motifs is 1. The predicted molar refractivity (Wildman–Crippen MR) is 144 cm³/mol. The van der Waals surface area contributed by atoms with Crippen LogP contribution in [-0.4, -0.2) is 35.1 Å². The molecular weight excluding hydrogens is 494 g/mol. The Hall–Kier alpha value is -3.60. The van der Waals surface area contributed by atoms with Crippen molar-refractivity contribution in [3.63, 3.8) is 0 Å². The van der Waals surface area contributed by atoms with Gasteiger partial charge in [0.25, 0.3) is 11.5 Å². The molecule has 0 bridgehead atoms. The van der Waals surface area contributed by atoms with Gasteiger partial charge in [-0.1, -0.05) is 59.2 Å². The summed E-state index contributed by atoms with van der Waals surface area (Å²) in [4.78, 5) is 34.4. The van der Waals surface area contributed by atoms with Crippen molar-refractivity contribution >= 4 is 34.9 Å². The molecule has 0 fully saturated rings. The summed E-state index contributed by atoms with van der Waals surface area (Å²) in [6.45, 7) is 6.92. The molecule has 0 radical (unpaired) electrons. The zero-order valence-electron chi connectivity index (χ0n) is 20.3. The minimum absolute atomic E-state index is 0.124. The number of rotatable bonds is 7. The van der Waals surface area contributed by atoms with E-state index in [0.717, 1.165) is 11.1 Å². The third-order valence-electron chi connectivity index (χ3n) is 6.01. The van der Waals surface area contributed by atoms with Crippen LogP contribution in [0.15, 0.2) is 69.6 Å². The van der Waals surface area contributed by atoms with E-state index in [1.165, 1.54) is 11.3 Å². The molecule has 2 aromatic carbocycles. The Labute approximate surface area is 218 Å². The van der Waals surface area contributed by atoms with Crippen molar-refractivity contribution in [1.29, 1.82) is 0 Å².